The topological polar surface area (TPSA) is 0 Å². The van der Waals surface area contributed by atoms with Crippen LogP contribution < -0.4 is 0 Å². The summed E-state index contributed by atoms with van der Waals surface area (Å²) in [6, 6.07) is 13.1. The number of aryl methyl sites for hydroxylation is 1. The van der Waals surface area contributed by atoms with Gasteiger partial charge in [-0.2, -0.15) is 0 Å². The van der Waals surface area contributed by atoms with E-state index in [4.69, 9.17) is 0 Å². The van der Waals surface area contributed by atoms with E-state index in [1.165, 1.54) is 38.5 Å². The number of rotatable bonds is 9. The van der Waals surface area contributed by atoms with Gasteiger partial charge in [-0.1, -0.05) is 101 Å². The van der Waals surface area contributed by atoms with Crippen LogP contribution in [0, 0.1) is 41.0 Å². The second kappa shape index (κ2) is 13.4. The van der Waals surface area contributed by atoms with Crippen molar-refractivity contribution in [2.45, 2.75) is 90.9 Å². The molecule has 3 aromatic carbocycles. The van der Waals surface area contributed by atoms with Crippen molar-refractivity contribution in [3.63, 3.8) is 0 Å². The second-order valence-electron chi connectivity index (χ2n) is 12.2. The predicted molar refractivity (Wildman–Crippen MR) is 161 cm³/mol. The van der Waals surface area contributed by atoms with Gasteiger partial charge in [0.25, 0.3) is 0 Å². The van der Waals surface area contributed by atoms with Gasteiger partial charge >= 0.3 is 0 Å². The molecule has 0 aliphatic heterocycles. The van der Waals surface area contributed by atoms with Crippen LogP contribution in [0.15, 0.2) is 54.6 Å². The number of unbranched alkanes of at least 4 members (excludes halogenated alkanes) is 1. The van der Waals surface area contributed by atoms with Gasteiger partial charge in [-0.15, -0.1) is 0 Å². The number of allylic oxidation sites excluding steroid dienone is 2. The Bertz CT molecular complexity index is 1360. The van der Waals surface area contributed by atoms with Crippen molar-refractivity contribution < 1.29 is 17.6 Å². The summed E-state index contributed by atoms with van der Waals surface area (Å²) in [6.45, 7) is 4.28. The van der Waals surface area contributed by atoms with Gasteiger partial charge in [0.15, 0.2) is 23.3 Å². The molecular weight excluding hydrogens is 520 g/mol. The summed E-state index contributed by atoms with van der Waals surface area (Å²) in [7, 11) is 0. The molecule has 3 aromatic rings. The first-order valence-electron chi connectivity index (χ1n) is 15.7. The van der Waals surface area contributed by atoms with Crippen LogP contribution in [-0.2, 0) is 6.42 Å². The zero-order valence-electron chi connectivity index (χ0n) is 24.4. The van der Waals surface area contributed by atoms with E-state index in [9.17, 15) is 8.78 Å². The van der Waals surface area contributed by atoms with Crippen molar-refractivity contribution in [1.29, 1.82) is 0 Å². The van der Waals surface area contributed by atoms with Crippen LogP contribution in [0.5, 0.6) is 0 Å². The van der Waals surface area contributed by atoms with E-state index in [-0.39, 0.29) is 11.1 Å². The van der Waals surface area contributed by atoms with Crippen LogP contribution in [-0.4, -0.2) is 0 Å². The molecule has 4 heteroatoms. The van der Waals surface area contributed by atoms with Crippen molar-refractivity contribution in [3.8, 4) is 22.3 Å². The summed E-state index contributed by atoms with van der Waals surface area (Å²) in [5.41, 5.74) is 2.94. The van der Waals surface area contributed by atoms with E-state index in [2.05, 4.69) is 13.0 Å². The Morgan fingerprint density at radius 1 is 0.610 bits per heavy atom. The lowest BCUT2D eigenvalue weighted by Crippen LogP contribution is -2.23. The number of hydrogen-bond donors (Lipinski definition) is 0. The van der Waals surface area contributed by atoms with E-state index in [1.807, 2.05) is 6.92 Å². The van der Waals surface area contributed by atoms with Gasteiger partial charge in [0, 0.05) is 16.7 Å². The molecule has 1 atom stereocenters. The Labute approximate surface area is 242 Å². The van der Waals surface area contributed by atoms with Crippen molar-refractivity contribution in [1.82, 2.24) is 0 Å². The normalized spacial score (nSPS) is 21.1. The van der Waals surface area contributed by atoms with Crippen LogP contribution in [0.1, 0.15) is 95.6 Å². The van der Waals surface area contributed by atoms with Crippen molar-refractivity contribution in [3.05, 3.63) is 89.0 Å². The molecule has 0 spiro atoms. The highest BCUT2D eigenvalue weighted by Crippen LogP contribution is 2.43. The fourth-order valence-corrected chi connectivity index (χ4v) is 7.11. The first-order valence-corrected chi connectivity index (χ1v) is 15.7. The molecule has 0 saturated heterocycles. The van der Waals surface area contributed by atoms with Gasteiger partial charge in [0.05, 0.1) is 0 Å². The summed E-state index contributed by atoms with van der Waals surface area (Å²) in [4.78, 5) is 0. The van der Waals surface area contributed by atoms with Gasteiger partial charge in [0.2, 0.25) is 0 Å². The first kappa shape index (κ1) is 29.6. The fourth-order valence-electron chi connectivity index (χ4n) is 7.11. The quantitative estimate of drug-likeness (QED) is 0.228. The maximum Gasteiger partial charge on any atom is 0.167 e. The van der Waals surface area contributed by atoms with E-state index in [0.29, 0.717) is 34.6 Å². The zero-order chi connectivity index (χ0) is 28.9. The molecule has 2 aliphatic carbocycles. The van der Waals surface area contributed by atoms with Gasteiger partial charge in [-0.25, -0.2) is 17.6 Å². The molecule has 41 heavy (non-hydrogen) atoms. The Morgan fingerprint density at radius 3 is 1.78 bits per heavy atom. The standard InChI is InChI=1S/C37H42F4/c1-3-5-7-30-20-21-31(35(39)34(30)38)28-16-18-29(19-17-28)33-23-22-32(36(40)37(33)41)27-14-12-26(13-15-27)25-10-8-24(6-4-2)9-11-25/h14,16-26H,3-13,15H2,1-2H3. The Kier molecular flexibility index (Phi) is 9.68. The summed E-state index contributed by atoms with van der Waals surface area (Å²) in [6.07, 6.45) is 15.0. The summed E-state index contributed by atoms with van der Waals surface area (Å²) in [5, 5.41) is 0. The molecule has 2 aliphatic rings. The molecule has 0 N–H and O–H groups in total. The maximum atomic E-state index is 15.4. The molecule has 0 radical (unpaired) electrons. The second-order valence-corrected chi connectivity index (χ2v) is 12.2. The van der Waals surface area contributed by atoms with Crippen LogP contribution in [0.3, 0.4) is 0 Å². The molecule has 0 nitrogen and oxygen atoms in total. The van der Waals surface area contributed by atoms with Gasteiger partial charge in [0.1, 0.15) is 0 Å². The molecule has 218 valence electrons. The SMILES string of the molecule is CCCCc1ccc(-c2ccc(-c3ccc(C4=CCC(C5CCC(CCC)CC5)CC4)c(F)c3F)cc2)c(F)c1F. The summed E-state index contributed by atoms with van der Waals surface area (Å²) in [5.74, 6) is -1.07. The third-order valence-electron chi connectivity index (χ3n) is 9.60. The molecule has 0 bridgehead atoms. The third kappa shape index (κ3) is 6.47. The minimum atomic E-state index is -0.875. The van der Waals surface area contributed by atoms with Crippen LogP contribution in [0.4, 0.5) is 17.6 Å². The highest BCUT2D eigenvalue weighted by atomic mass is 19.2. The maximum absolute atomic E-state index is 15.4. The summed E-state index contributed by atoms with van der Waals surface area (Å²) >= 11 is 0. The number of halogens is 4. The lowest BCUT2D eigenvalue weighted by atomic mass is 9.70. The Balaban J connectivity index is 1.28. The molecule has 5 rings (SSSR count). The largest absolute Gasteiger partial charge is 0.203 e. The molecule has 1 unspecified atom stereocenters. The Morgan fingerprint density at radius 2 is 1.20 bits per heavy atom. The molecular formula is C37H42F4. The lowest BCUT2D eigenvalue weighted by Gasteiger charge is -2.35. The lowest BCUT2D eigenvalue weighted by molar-refractivity contribution is 0.189. The Hall–Kier alpha value is -2.88. The van der Waals surface area contributed by atoms with E-state index in [1.54, 1.807) is 48.5 Å². The van der Waals surface area contributed by atoms with E-state index >= 15 is 8.78 Å². The van der Waals surface area contributed by atoms with Gasteiger partial charge in [-0.05, 0) is 85.0 Å². The minimum absolute atomic E-state index is 0.160. The van der Waals surface area contributed by atoms with Crippen molar-refractivity contribution in [2.24, 2.45) is 17.8 Å². The van der Waals surface area contributed by atoms with Crippen molar-refractivity contribution >= 4 is 5.57 Å². The highest BCUT2D eigenvalue weighted by molar-refractivity contribution is 5.74. The average molecular weight is 563 g/mol. The molecule has 0 heterocycles. The molecule has 1 saturated carbocycles. The van der Waals surface area contributed by atoms with Crippen LogP contribution >= 0.6 is 0 Å². The van der Waals surface area contributed by atoms with Crippen molar-refractivity contribution in [2.75, 3.05) is 0 Å². The molecule has 1 fully saturated rings. The van der Waals surface area contributed by atoms with E-state index < -0.39 is 23.3 Å². The fraction of sp³-hybridized carbons (Fsp3) is 0.459. The molecule has 0 amide bonds. The van der Waals surface area contributed by atoms with Gasteiger partial charge in [-0.3, -0.25) is 0 Å². The first-order chi connectivity index (χ1) is 19.9. The zero-order valence-corrected chi connectivity index (χ0v) is 24.4. The van der Waals surface area contributed by atoms with Crippen LogP contribution in [0.25, 0.3) is 27.8 Å². The summed E-state index contributed by atoms with van der Waals surface area (Å²) < 4.78 is 60.1. The smallest absolute Gasteiger partial charge is 0.167 e. The van der Waals surface area contributed by atoms with Crippen LogP contribution in [0.2, 0.25) is 0 Å². The monoisotopic (exact) mass is 562 g/mol. The molecule has 0 aromatic heterocycles. The third-order valence-corrected chi connectivity index (χ3v) is 9.60. The van der Waals surface area contributed by atoms with Gasteiger partial charge < -0.3 is 0 Å². The van der Waals surface area contributed by atoms with E-state index in [0.717, 1.165) is 49.5 Å². The minimum Gasteiger partial charge on any atom is -0.203 e. The highest BCUT2D eigenvalue weighted by Gasteiger charge is 2.29. The predicted octanol–water partition coefficient (Wildman–Crippen LogP) is 11.7. The average Bonchev–Trinajstić information content (AvgIpc) is 3.00. The number of benzene rings is 3. The number of hydrogen-bond acceptors (Lipinski definition) is 0.